The van der Waals surface area contributed by atoms with Crippen molar-refractivity contribution in [2.45, 2.75) is 17.9 Å². The summed E-state index contributed by atoms with van der Waals surface area (Å²) in [5, 5.41) is 0. The third-order valence-corrected chi connectivity index (χ3v) is 3.53. The number of halogens is 1. The van der Waals surface area contributed by atoms with Crippen molar-refractivity contribution >= 4 is 10.0 Å². The highest BCUT2D eigenvalue weighted by molar-refractivity contribution is 7.89. The normalized spacial score (nSPS) is 13.7. The molecule has 1 atom stereocenters. The van der Waals surface area contributed by atoms with Gasteiger partial charge in [-0.05, 0) is 31.2 Å². The Bertz CT molecular complexity index is 430. The lowest BCUT2D eigenvalue weighted by Crippen LogP contribution is -2.31. The lowest BCUT2D eigenvalue weighted by molar-refractivity contribution is 0.122. The van der Waals surface area contributed by atoms with Gasteiger partial charge in [0.05, 0.1) is 11.0 Å². The Kier molecular flexibility index (Phi) is 4.40. The Morgan fingerprint density at radius 1 is 1.38 bits per heavy atom. The summed E-state index contributed by atoms with van der Waals surface area (Å²) in [6.07, 6.45) is -0.213. The van der Waals surface area contributed by atoms with Crippen LogP contribution in [-0.4, -0.2) is 28.2 Å². The van der Waals surface area contributed by atoms with Gasteiger partial charge < -0.3 is 4.74 Å². The number of methoxy groups -OCH3 is 1. The number of hydrogen-bond acceptors (Lipinski definition) is 3. The van der Waals surface area contributed by atoms with Crippen molar-refractivity contribution in [1.29, 1.82) is 0 Å². The van der Waals surface area contributed by atoms with E-state index >= 15 is 0 Å². The average Bonchev–Trinajstić information content (AvgIpc) is 2.26. The monoisotopic (exact) mass is 247 g/mol. The summed E-state index contributed by atoms with van der Waals surface area (Å²) in [7, 11) is -2.08. The van der Waals surface area contributed by atoms with Crippen LogP contribution >= 0.6 is 0 Å². The molecule has 1 aromatic carbocycles. The van der Waals surface area contributed by atoms with Crippen LogP contribution in [0.1, 0.15) is 6.92 Å². The van der Waals surface area contributed by atoms with Gasteiger partial charge in [0.2, 0.25) is 10.0 Å². The molecule has 0 spiro atoms. The summed E-state index contributed by atoms with van der Waals surface area (Å²) in [6, 6.07) is 4.65. The molecule has 0 aliphatic heterocycles. The SMILES string of the molecule is COC(C)CNS(=O)(=O)c1ccc(F)cc1. The van der Waals surface area contributed by atoms with Gasteiger partial charge in [0.1, 0.15) is 5.82 Å². The van der Waals surface area contributed by atoms with Crippen molar-refractivity contribution < 1.29 is 17.5 Å². The first-order valence-electron chi connectivity index (χ1n) is 4.74. The minimum Gasteiger partial charge on any atom is -0.380 e. The zero-order valence-corrected chi connectivity index (χ0v) is 9.92. The molecule has 0 saturated carbocycles. The quantitative estimate of drug-likeness (QED) is 0.849. The summed E-state index contributed by atoms with van der Waals surface area (Å²) >= 11 is 0. The molecule has 1 unspecified atom stereocenters. The van der Waals surface area contributed by atoms with Gasteiger partial charge in [0.25, 0.3) is 0 Å². The molecule has 4 nitrogen and oxygen atoms in total. The Labute approximate surface area is 94.5 Å². The van der Waals surface area contributed by atoms with Crippen molar-refractivity contribution in [3.8, 4) is 0 Å². The maximum atomic E-state index is 12.6. The van der Waals surface area contributed by atoms with Crippen LogP contribution in [0, 0.1) is 5.82 Å². The molecule has 1 aromatic rings. The van der Waals surface area contributed by atoms with Crippen LogP contribution < -0.4 is 4.72 Å². The molecule has 0 fully saturated rings. The standard InChI is InChI=1S/C10H14FNO3S/c1-8(15-2)7-12-16(13,14)10-5-3-9(11)4-6-10/h3-6,8,12H,7H2,1-2H3. The highest BCUT2D eigenvalue weighted by Crippen LogP contribution is 2.09. The predicted molar refractivity (Wildman–Crippen MR) is 58.1 cm³/mol. The number of rotatable bonds is 5. The molecule has 16 heavy (non-hydrogen) atoms. The molecule has 0 bridgehead atoms. The Hall–Kier alpha value is -0.980. The Balaban J connectivity index is 2.74. The van der Waals surface area contributed by atoms with Gasteiger partial charge in [-0.25, -0.2) is 17.5 Å². The smallest absolute Gasteiger partial charge is 0.240 e. The van der Waals surface area contributed by atoms with Gasteiger partial charge in [-0.3, -0.25) is 0 Å². The second-order valence-electron chi connectivity index (χ2n) is 3.35. The number of ether oxygens (including phenoxy) is 1. The lowest BCUT2D eigenvalue weighted by atomic mass is 10.4. The van der Waals surface area contributed by atoms with Gasteiger partial charge in [-0.15, -0.1) is 0 Å². The molecular weight excluding hydrogens is 233 g/mol. The Morgan fingerprint density at radius 2 is 1.94 bits per heavy atom. The van der Waals surface area contributed by atoms with E-state index < -0.39 is 15.8 Å². The predicted octanol–water partition coefficient (Wildman–Crippen LogP) is 1.14. The van der Waals surface area contributed by atoms with Crippen LogP contribution in [0.4, 0.5) is 4.39 Å². The van der Waals surface area contributed by atoms with E-state index in [9.17, 15) is 12.8 Å². The fourth-order valence-electron chi connectivity index (χ4n) is 1.01. The number of hydrogen-bond donors (Lipinski definition) is 1. The van der Waals surface area contributed by atoms with Crippen molar-refractivity contribution in [2.24, 2.45) is 0 Å². The highest BCUT2D eigenvalue weighted by Gasteiger charge is 2.14. The number of sulfonamides is 1. The summed E-state index contributed by atoms with van der Waals surface area (Å²) in [6.45, 7) is 1.92. The van der Waals surface area contributed by atoms with Crippen molar-refractivity contribution in [3.63, 3.8) is 0 Å². The highest BCUT2D eigenvalue weighted by atomic mass is 32.2. The van der Waals surface area contributed by atoms with Gasteiger partial charge in [0.15, 0.2) is 0 Å². The van der Waals surface area contributed by atoms with Gasteiger partial charge in [-0.1, -0.05) is 0 Å². The maximum Gasteiger partial charge on any atom is 0.240 e. The van der Waals surface area contributed by atoms with E-state index in [4.69, 9.17) is 4.74 Å². The molecule has 0 radical (unpaired) electrons. The molecule has 0 amide bonds. The van der Waals surface area contributed by atoms with E-state index in [2.05, 4.69) is 4.72 Å². The summed E-state index contributed by atoms with van der Waals surface area (Å²) < 4.78 is 43.2. The third kappa shape index (κ3) is 3.55. The number of nitrogens with one attached hydrogen (secondary N) is 1. The molecule has 0 saturated heterocycles. The van der Waals surface area contributed by atoms with Crippen LogP contribution in [0.25, 0.3) is 0 Å². The minimum atomic E-state index is -3.58. The van der Waals surface area contributed by atoms with Crippen LogP contribution in [0.15, 0.2) is 29.2 Å². The van der Waals surface area contributed by atoms with Crippen molar-refractivity contribution in [3.05, 3.63) is 30.1 Å². The molecule has 1 rings (SSSR count). The first-order valence-corrected chi connectivity index (χ1v) is 6.22. The largest absolute Gasteiger partial charge is 0.380 e. The summed E-state index contributed by atoms with van der Waals surface area (Å²) in [5.74, 6) is -0.468. The molecule has 1 N–H and O–H groups in total. The van der Waals surface area contributed by atoms with Gasteiger partial charge >= 0.3 is 0 Å². The van der Waals surface area contributed by atoms with E-state index in [1.807, 2.05) is 0 Å². The average molecular weight is 247 g/mol. The third-order valence-electron chi connectivity index (χ3n) is 2.09. The second kappa shape index (κ2) is 5.38. The second-order valence-corrected chi connectivity index (χ2v) is 5.12. The van der Waals surface area contributed by atoms with E-state index in [0.717, 1.165) is 12.1 Å². The maximum absolute atomic E-state index is 12.6. The van der Waals surface area contributed by atoms with E-state index in [-0.39, 0.29) is 17.5 Å². The minimum absolute atomic E-state index is 0.0391. The lowest BCUT2D eigenvalue weighted by Gasteiger charge is -2.11. The van der Waals surface area contributed by atoms with Crippen molar-refractivity contribution in [2.75, 3.05) is 13.7 Å². The molecule has 0 heterocycles. The Morgan fingerprint density at radius 3 is 2.44 bits per heavy atom. The molecule has 90 valence electrons. The zero-order valence-electron chi connectivity index (χ0n) is 9.10. The number of benzene rings is 1. The van der Waals surface area contributed by atoms with E-state index in [0.29, 0.717) is 0 Å². The fourth-order valence-corrected chi connectivity index (χ4v) is 2.12. The first-order chi connectivity index (χ1) is 7.45. The zero-order chi connectivity index (χ0) is 12.2. The first kappa shape index (κ1) is 13.1. The van der Waals surface area contributed by atoms with Gasteiger partial charge in [-0.2, -0.15) is 0 Å². The van der Waals surface area contributed by atoms with Crippen molar-refractivity contribution in [1.82, 2.24) is 4.72 Å². The van der Waals surface area contributed by atoms with E-state index in [1.54, 1.807) is 6.92 Å². The fraction of sp³-hybridized carbons (Fsp3) is 0.400. The molecule has 0 aliphatic carbocycles. The van der Waals surface area contributed by atoms with Crippen LogP contribution in [0.5, 0.6) is 0 Å². The summed E-state index contributed by atoms with van der Waals surface area (Å²) in [4.78, 5) is 0.0391. The van der Waals surface area contributed by atoms with Gasteiger partial charge in [0, 0.05) is 13.7 Å². The van der Waals surface area contributed by atoms with Crippen LogP contribution in [0.2, 0.25) is 0 Å². The molecular formula is C10H14FNO3S. The molecule has 0 aliphatic rings. The van der Waals surface area contributed by atoms with E-state index in [1.165, 1.54) is 19.2 Å². The molecule has 6 heteroatoms. The topological polar surface area (TPSA) is 55.4 Å². The van der Waals surface area contributed by atoms with Crippen LogP contribution in [0.3, 0.4) is 0 Å². The molecule has 0 aromatic heterocycles. The summed E-state index contributed by atoms with van der Waals surface area (Å²) in [5.41, 5.74) is 0. The van der Waals surface area contributed by atoms with Crippen LogP contribution in [-0.2, 0) is 14.8 Å².